The lowest BCUT2D eigenvalue weighted by Crippen LogP contribution is -2.15. The van der Waals surface area contributed by atoms with E-state index in [1.807, 2.05) is 48.5 Å². The molecule has 2 heterocycles. The Balaban J connectivity index is 1.36. The maximum Gasteiger partial charge on any atom is 0.210 e. The third-order valence-corrected chi connectivity index (χ3v) is 5.00. The second kappa shape index (κ2) is 8.65. The van der Waals surface area contributed by atoms with Gasteiger partial charge in [0.15, 0.2) is 5.82 Å². The molecule has 0 atom stereocenters. The number of hydrogen-bond donors (Lipinski definition) is 1. The van der Waals surface area contributed by atoms with E-state index < -0.39 is 0 Å². The van der Waals surface area contributed by atoms with Crippen LogP contribution in [0.1, 0.15) is 11.5 Å². The smallest absolute Gasteiger partial charge is 0.210 e. The SMILES string of the molecule is COc1cccc(OCc2nnc(SCc3cnn(-c4ccccc4)n3)n2N)c1. The van der Waals surface area contributed by atoms with Crippen LogP contribution in [0.25, 0.3) is 5.69 Å². The van der Waals surface area contributed by atoms with Crippen LogP contribution in [-0.4, -0.2) is 37.0 Å². The van der Waals surface area contributed by atoms with Gasteiger partial charge in [-0.25, -0.2) is 4.68 Å². The topological polar surface area (TPSA) is 106 Å². The summed E-state index contributed by atoms with van der Waals surface area (Å²) in [6, 6.07) is 17.1. The van der Waals surface area contributed by atoms with E-state index in [0.29, 0.717) is 22.5 Å². The van der Waals surface area contributed by atoms with Gasteiger partial charge < -0.3 is 15.3 Å². The fraction of sp³-hybridized carbons (Fsp3) is 0.158. The number of nitrogen functional groups attached to an aromatic ring is 1. The molecule has 0 amide bonds. The van der Waals surface area contributed by atoms with Crippen LogP contribution in [0.2, 0.25) is 0 Å². The molecule has 4 aromatic rings. The van der Waals surface area contributed by atoms with E-state index in [1.54, 1.807) is 24.2 Å². The van der Waals surface area contributed by atoms with E-state index in [2.05, 4.69) is 20.4 Å². The van der Waals surface area contributed by atoms with Gasteiger partial charge in [0, 0.05) is 11.8 Å². The Morgan fingerprint density at radius 1 is 1.03 bits per heavy atom. The Kier molecular flexibility index (Phi) is 5.61. The molecule has 0 unspecified atom stereocenters. The zero-order valence-corrected chi connectivity index (χ0v) is 16.5. The van der Waals surface area contributed by atoms with Crippen LogP contribution in [0.15, 0.2) is 66.0 Å². The van der Waals surface area contributed by atoms with Gasteiger partial charge in [-0.15, -0.1) is 10.2 Å². The first kappa shape index (κ1) is 18.8. The lowest BCUT2D eigenvalue weighted by Gasteiger charge is -2.07. The van der Waals surface area contributed by atoms with Crippen molar-refractivity contribution in [1.82, 2.24) is 29.9 Å². The minimum Gasteiger partial charge on any atom is -0.497 e. The summed E-state index contributed by atoms with van der Waals surface area (Å²) in [6.45, 7) is 0.196. The Morgan fingerprint density at radius 3 is 2.69 bits per heavy atom. The predicted octanol–water partition coefficient (Wildman–Crippen LogP) is 2.45. The first-order valence-corrected chi connectivity index (χ1v) is 9.77. The lowest BCUT2D eigenvalue weighted by atomic mass is 10.3. The van der Waals surface area contributed by atoms with E-state index in [4.69, 9.17) is 15.3 Å². The Hall–Kier alpha value is -3.53. The maximum absolute atomic E-state index is 6.11. The molecule has 4 rings (SSSR count). The quantitative estimate of drug-likeness (QED) is 0.349. The van der Waals surface area contributed by atoms with Gasteiger partial charge in [0.25, 0.3) is 0 Å². The zero-order chi connectivity index (χ0) is 20.1. The van der Waals surface area contributed by atoms with Crippen molar-refractivity contribution in [3.63, 3.8) is 0 Å². The van der Waals surface area contributed by atoms with Gasteiger partial charge in [0.2, 0.25) is 5.16 Å². The van der Waals surface area contributed by atoms with Crippen molar-refractivity contribution in [2.75, 3.05) is 13.0 Å². The van der Waals surface area contributed by atoms with Crippen molar-refractivity contribution in [3.05, 3.63) is 72.3 Å². The molecule has 2 aromatic heterocycles. The monoisotopic (exact) mass is 409 g/mol. The van der Waals surface area contributed by atoms with Crippen LogP contribution in [-0.2, 0) is 12.4 Å². The zero-order valence-electron chi connectivity index (χ0n) is 15.7. The molecule has 148 valence electrons. The van der Waals surface area contributed by atoms with Gasteiger partial charge in [0.05, 0.1) is 24.7 Å². The standard InChI is InChI=1S/C19H19N7O2S/c1-27-16-8-5-9-17(10-16)28-12-18-22-23-19(25(18)20)29-13-14-11-21-26(24-14)15-6-3-2-4-7-15/h2-11H,12-13,20H2,1H3. The van der Waals surface area contributed by atoms with Crippen molar-refractivity contribution < 1.29 is 9.47 Å². The molecule has 0 aliphatic rings. The van der Waals surface area contributed by atoms with E-state index in [9.17, 15) is 0 Å². The van der Waals surface area contributed by atoms with Crippen molar-refractivity contribution in [2.45, 2.75) is 17.5 Å². The lowest BCUT2D eigenvalue weighted by molar-refractivity contribution is 0.289. The molecular formula is C19H19N7O2S. The summed E-state index contributed by atoms with van der Waals surface area (Å²) >= 11 is 1.43. The third-order valence-electron chi connectivity index (χ3n) is 4.02. The summed E-state index contributed by atoms with van der Waals surface area (Å²) in [5, 5.41) is 17.6. The largest absolute Gasteiger partial charge is 0.497 e. The Bertz CT molecular complexity index is 1080. The van der Waals surface area contributed by atoms with Gasteiger partial charge in [-0.05, 0) is 24.3 Å². The molecule has 0 aliphatic heterocycles. The van der Waals surface area contributed by atoms with Crippen LogP contribution < -0.4 is 15.3 Å². The molecule has 0 bridgehead atoms. The number of benzene rings is 2. The van der Waals surface area contributed by atoms with Crippen LogP contribution in [0.4, 0.5) is 0 Å². The molecule has 0 saturated heterocycles. The molecule has 10 heteroatoms. The summed E-state index contributed by atoms with van der Waals surface area (Å²) in [5.74, 6) is 8.58. The Morgan fingerprint density at radius 2 is 1.86 bits per heavy atom. The third kappa shape index (κ3) is 4.49. The maximum atomic E-state index is 6.11. The van der Waals surface area contributed by atoms with Gasteiger partial charge in [-0.2, -0.15) is 15.0 Å². The average molecular weight is 409 g/mol. The summed E-state index contributed by atoms with van der Waals surface area (Å²) in [5.41, 5.74) is 1.72. The van der Waals surface area contributed by atoms with E-state index in [1.165, 1.54) is 16.4 Å². The molecule has 0 aliphatic carbocycles. The number of rotatable bonds is 8. The van der Waals surface area contributed by atoms with Crippen molar-refractivity contribution in [3.8, 4) is 17.2 Å². The number of aromatic nitrogens is 6. The van der Waals surface area contributed by atoms with Crippen molar-refractivity contribution in [1.29, 1.82) is 0 Å². The van der Waals surface area contributed by atoms with Gasteiger partial charge in [0.1, 0.15) is 18.1 Å². The second-order valence-corrected chi connectivity index (χ2v) is 6.93. The summed E-state index contributed by atoms with van der Waals surface area (Å²) in [7, 11) is 1.61. The second-order valence-electron chi connectivity index (χ2n) is 5.99. The summed E-state index contributed by atoms with van der Waals surface area (Å²) in [4.78, 5) is 1.59. The minimum absolute atomic E-state index is 0.196. The van der Waals surface area contributed by atoms with Gasteiger partial charge in [-0.1, -0.05) is 36.0 Å². The molecule has 0 spiro atoms. The fourth-order valence-corrected chi connectivity index (χ4v) is 3.28. The number of nitrogens with two attached hydrogens (primary N) is 1. The molecule has 2 N–H and O–H groups in total. The van der Waals surface area contributed by atoms with Crippen LogP contribution in [0, 0.1) is 0 Å². The van der Waals surface area contributed by atoms with Gasteiger partial charge >= 0.3 is 0 Å². The van der Waals surface area contributed by atoms with E-state index >= 15 is 0 Å². The number of para-hydroxylation sites is 1. The summed E-state index contributed by atoms with van der Waals surface area (Å²) < 4.78 is 12.3. The first-order valence-electron chi connectivity index (χ1n) is 8.78. The van der Waals surface area contributed by atoms with Crippen LogP contribution in [0.5, 0.6) is 11.5 Å². The Labute approximate surface area is 171 Å². The van der Waals surface area contributed by atoms with Crippen molar-refractivity contribution >= 4 is 11.8 Å². The molecule has 29 heavy (non-hydrogen) atoms. The number of hydrogen-bond acceptors (Lipinski definition) is 8. The van der Waals surface area contributed by atoms with E-state index in [-0.39, 0.29) is 6.61 Å². The number of nitrogens with zero attached hydrogens (tertiary/aromatic N) is 6. The molecular weight excluding hydrogens is 390 g/mol. The number of thioether (sulfide) groups is 1. The normalized spacial score (nSPS) is 10.8. The highest BCUT2D eigenvalue weighted by molar-refractivity contribution is 7.98. The highest BCUT2D eigenvalue weighted by Gasteiger charge is 2.12. The summed E-state index contributed by atoms with van der Waals surface area (Å²) in [6.07, 6.45) is 1.73. The highest BCUT2D eigenvalue weighted by atomic mass is 32.2. The predicted molar refractivity (Wildman–Crippen MR) is 108 cm³/mol. The van der Waals surface area contributed by atoms with Crippen molar-refractivity contribution in [2.24, 2.45) is 0 Å². The van der Waals surface area contributed by atoms with E-state index in [0.717, 1.165) is 17.1 Å². The molecule has 0 saturated carbocycles. The van der Waals surface area contributed by atoms with Crippen LogP contribution >= 0.6 is 11.8 Å². The molecule has 2 aromatic carbocycles. The number of ether oxygens (including phenoxy) is 2. The van der Waals surface area contributed by atoms with Crippen LogP contribution in [0.3, 0.4) is 0 Å². The molecule has 0 fully saturated rings. The first-order chi connectivity index (χ1) is 14.2. The molecule has 0 radical (unpaired) electrons. The number of methoxy groups -OCH3 is 1. The fourth-order valence-electron chi connectivity index (χ4n) is 2.53. The molecule has 9 nitrogen and oxygen atoms in total. The minimum atomic E-state index is 0.196. The van der Waals surface area contributed by atoms with Gasteiger partial charge in [-0.3, -0.25) is 0 Å². The average Bonchev–Trinajstić information content (AvgIpc) is 3.38. The highest BCUT2D eigenvalue weighted by Crippen LogP contribution is 2.22.